The fourth-order valence-electron chi connectivity index (χ4n) is 1.37. The molecule has 0 aliphatic heterocycles. The summed E-state index contributed by atoms with van der Waals surface area (Å²) >= 11 is 0. The van der Waals surface area contributed by atoms with E-state index in [0.29, 0.717) is 6.54 Å². The van der Waals surface area contributed by atoms with Crippen LogP contribution in [0.5, 0.6) is 0 Å². The number of carbonyl (C=O) groups excluding carboxylic acids is 1. The van der Waals surface area contributed by atoms with Gasteiger partial charge in [-0.25, -0.2) is 9.78 Å². The highest BCUT2D eigenvalue weighted by Gasteiger charge is 2.09. The van der Waals surface area contributed by atoms with E-state index in [1.807, 2.05) is 13.8 Å². The number of aromatic amines is 1. The van der Waals surface area contributed by atoms with Gasteiger partial charge in [-0.15, -0.1) is 0 Å². The van der Waals surface area contributed by atoms with Crippen molar-refractivity contribution in [3.63, 3.8) is 0 Å². The molecule has 0 saturated carbocycles. The molecular weight excluding hydrogens is 206 g/mol. The fourth-order valence-corrected chi connectivity index (χ4v) is 1.37. The van der Waals surface area contributed by atoms with Crippen LogP contribution >= 0.6 is 0 Å². The number of amides is 1. The maximum atomic E-state index is 11.3. The molecule has 1 heterocycles. The Bertz CT molecular complexity index is 294. The zero-order valence-corrected chi connectivity index (χ0v) is 9.82. The average molecular weight is 225 g/mol. The van der Waals surface area contributed by atoms with Gasteiger partial charge in [0.1, 0.15) is 6.10 Å². The van der Waals surface area contributed by atoms with Gasteiger partial charge in [0.15, 0.2) is 0 Å². The summed E-state index contributed by atoms with van der Waals surface area (Å²) < 4.78 is 5.19. The van der Waals surface area contributed by atoms with Gasteiger partial charge in [-0.05, 0) is 12.8 Å². The van der Waals surface area contributed by atoms with Crippen LogP contribution in [0.4, 0.5) is 4.79 Å². The molecule has 0 radical (unpaired) electrons. The van der Waals surface area contributed by atoms with Crippen molar-refractivity contribution in [1.82, 2.24) is 15.3 Å². The quantitative estimate of drug-likeness (QED) is 0.776. The summed E-state index contributed by atoms with van der Waals surface area (Å²) in [5.74, 6) is 0. The van der Waals surface area contributed by atoms with Crippen molar-refractivity contribution in [3.8, 4) is 0 Å². The minimum Gasteiger partial charge on any atom is -0.446 e. The smallest absolute Gasteiger partial charge is 0.407 e. The minimum absolute atomic E-state index is 0.0205. The normalized spacial score (nSPS) is 10.4. The molecule has 16 heavy (non-hydrogen) atoms. The van der Waals surface area contributed by atoms with Gasteiger partial charge >= 0.3 is 6.09 Å². The van der Waals surface area contributed by atoms with Crippen LogP contribution in [0.3, 0.4) is 0 Å². The number of rotatable bonds is 6. The average Bonchev–Trinajstić information content (AvgIpc) is 2.79. The number of ether oxygens (including phenoxy) is 1. The molecule has 0 saturated heterocycles. The van der Waals surface area contributed by atoms with Crippen molar-refractivity contribution in [2.45, 2.75) is 39.2 Å². The molecule has 1 aromatic heterocycles. The molecule has 1 amide bonds. The van der Waals surface area contributed by atoms with E-state index >= 15 is 0 Å². The lowest BCUT2D eigenvalue weighted by Gasteiger charge is -2.14. The Kier molecular flexibility index (Phi) is 5.39. The lowest BCUT2D eigenvalue weighted by Crippen LogP contribution is -2.30. The first-order valence-electron chi connectivity index (χ1n) is 5.68. The number of alkyl carbamates (subject to hydrolysis) is 1. The lowest BCUT2D eigenvalue weighted by molar-refractivity contribution is 0.0931. The van der Waals surface area contributed by atoms with E-state index in [4.69, 9.17) is 4.74 Å². The zero-order chi connectivity index (χ0) is 11.8. The van der Waals surface area contributed by atoms with E-state index in [1.54, 1.807) is 12.5 Å². The molecule has 5 heteroatoms. The van der Waals surface area contributed by atoms with Gasteiger partial charge in [0, 0.05) is 24.9 Å². The highest BCUT2D eigenvalue weighted by molar-refractivity contribution is 5.67. The van der Waals surface area contributed by atoms with Crippen molar-refractivity contribution in [3.05, 3.63) is 18.2 Å². The van der Waals surface area contributed by atoms with Gasteiger partial charge in [0.05, 0.1) is 6.33 Å². The second-order valence-electron chi connectivity index (χ2n) is 3.60. The molecule has 0 atom stereocenters. The van der Waals surface area contributed by atoms with E-state index in [9.17, 15) is 4.79 Å². The van der Waals surface area contributed by atoms with Crippen molar-refractivity contribution in [2.24, 2.45) is 0 Å². The number of nitrogens with one attached hydrogen (secondary N) is 2. The summed E-state index contributed by atoms with van der Waals surface area (Å²) in [7, 11) is 0. The molecule has 0 bridgehead atoms. The molecule has 2 N–H and O–H groups in total. The Morgan fingerprint density at radius 3 is 2.88 bits per heavy atom. The first-order chi connectivity index (χ1) is 7.76. The molecule has 0 unspecified atom stereocenters. The highest BCUT2D eigenvalue weighted by atomic mass is 16.6. The summed E-state index contributed by atoms with van der Waals surface area (Å²) in [6, 6.07) is 0. The third-order valence-electron chi connectivity index (χ3n) is 2.40. The van der Waals surface area contributed by atoms with Gasteiger partial charge < -0.3 is 15.0 Å². The van der Waals surface area contributed by atoms with Crippen LogP contribution in [-0.4, -0.2) is 28.7 Å². The standard InChI is InChI=1S/C11H19N3O2/c1-3-10(4-2)16-11(15)13-6-5-9-7-12-8-14-9/h7-8,10H,3-6H2,1-2H3,(H,12,14)(H,13,15). The lowest BCUT2D eigenvalue weighted by atomic mass is 10.2. The Labute approximate surface area is 95.6 Å². The summed E-state index contributed by atoms with van der Waals surface area (Å²) in [5, 5.41) is 2.71. The van der Waals surface area contributed by atoms with Gasteiger partial charge in [0.25, 0.3) is 0 Å². The van der Waals surface area contributed by atoms with Crippen LogP contribution in [0.25, 0.3) is 0 Å². The molecule has 0 spiro atoms. The van der Waals surface area contributed by atoms with Crippen molar-refractivity contribution < 1.29 is 9.53 Å². The number of hydrogen-bond donors (Lipinski definition) is 2. The predicted molar refractivity (Wildman–Crippen MR) is 61.1 cm³/mol. The van der Waals surface area contributed by atoms with E-state index in [-0.39, 0.29) is 12.2 Å². The van der Waals surface area contributed by atoms with E-state index in [2.05, 4.69) is 15.3 Å². The van der Waals surface area contributed by atoms with Crippen molar-refractivity contribution in [1.29, 1.82) is 0 Å². The maximum absolute atomic E-state index is 11.3. The highest BCUT2D eigenvalue weighted by Crippen LogP contribution is 2.02. The largest absolute Gasteiger partial charge is 0.446 e. The number of hydrogen-bond acceptors (Lipinski definition) is 3. The minimum atomic E-state index is -0.340. The molecule has 1 aromatic rings. The number of carbonyl (C=O) groups is 1. The fraction of sp³-hybridized carbons (Fsp3) is 0.636. The molecule has 0 aliphatic rings. The number of imidazole rings is 1. The Morgan fingerprint density at radius 2 is 2.31 bits per heavy atom. The monoisotopic (exact) mass is 225 g/mol. The van der Waals surface area contributed by atoms with Crippen LogP contribution in [-0.2, 0) is 11.2 Å². The molecule has 0 aromatic carbocycles. The first-order valence-corrected chi connectivity index (χ1v) is 5.68. The van der Waals surface area contributed by atoms with Crippen molar-refractivity contribution >= 4 is 6.09 Å². The molecule has 0 fully saturated rings. The molecule has 90 valence electrons. The van der Waals surface area contributed by atoms with Crippen molar-refractivity contribution in [2.75, 3.05) is 6.54 Å². The SMILES string of the molecule is CCC(CC)OC(=O)NCCc1cnc[nH]1. The summed E-state index contributed by atoms with van der Waals surface area (Å²) in [5.41, 5.74) is 1.00. The van der Waals surface area contributed by atoms with Crippen LogP contribution in [0, 0.1) is 0 Å². The third-order valence-corrected chi connectivity index (χ3v) is 2.40. The number of aromatic nitrogens is 2. The van der Waals surface area contributed by atoms with Crippen LogP contribution in [0.1, 0.15) is 32.4 Å². The Morgan fingerprint density at radius 1 is 1.56 bits per heavy atom. The second-order valence-corrected chi connectivity index (χ2v) is 3.60. The van der Waals surface area contributed by atoms with E-state index in [0.717, 1.165) is 25.0 Å². The molecular formula is C11H19N3O2. The van der Waals surface area contributed by atoms with Gasteiger partial charge in [0.2, 0.25) is 0 Å². The van der Waals surface area contributed by atoms with Gasteiger partial charge in [-0.1, -0.05) is 13.8 Å². The maximum Gasteiger partial charge on any atom is 0.407 e. The zero-order valence-electron chi connectivity index (χ0n) is 9.82. The van der Waals surface area contributed by atoms with Crippen LogP contribution in [0.2, 0.25) is 0 Å². The first kappa shape index (κ1) is 12.5. The van der Waals surface area contributed by atoms with E-state index in [1.165, 1.54) is 0 Å². The summed E-state index contributed by atoms with van der Waals surface area (Å²) in [4.78, 5) is 18.2. The van der Waals surface area contributed by atoms with Crippen LogP contribution in [0.15, 0.2) is 12.5 Å². The third kappa shape index (κ3) is 4.33. The summed E-state index contributed by atoms with van der Waals surface area (Å²) in [6.07, 6.45) is 5.49. The Balaban J connectivity index is 2.15. The van der Waals surface area contributed by atoms with Gasteiger partial charge in [-0.2, -0.15) is 0 Å². The Hall–Kier alpha value is -1.52. The van der Waals surface area contributed by atoms with Crippen LogP contribution < -0.4 is 5.32 Å². The topological polar surface area (TPSA) is 67.0 Å². The summed E-state index contributed by atoms with van der Waals surface area (Å²) in [6.45, 7) is 4.57. The molecule has 0 aliphatic carbocycles. The number of H-pyrrole nitrogens is 1. The second kappa shape index (κ2) is 6.87. The van der Waals surface area contributed by atoms with Gasteiger partial charge in [-0.3, -0.25) is 0 Å². The molecule has 5 nitrogen and oxygen atoms in total. The van der Waals surface area contributed by atoms with E-state index < -0.39 is 0 Å². The predicted octanol–water partition coefficient (Wildman–Crippen LogP) is 1.87. The number of nitrogens with zero attached hydrogens (tertiary/aromatic N) is 1. The molecule has 1 rings (SSSR count).